The van der Waals surface area contributed by atoms with Gasteiger partial charge in [0.2, 0.25) is 5.88 Å². The lowest BCUT2D eigenvalue weighted by molar-refractivity contribution is 0.430. The van der Waals surface area contributed by atoms with Crippen LogP contribution in [0.2, 0.25) is 0 Å². The van der Waals surface area contributed by atoms with E-state index in [0.29, 0.717) is 5.69 Å². The van der Waals surface area contributed by atoms with Crippen LogP contribution in [0.4, 0.5) is 11.6 Å². The van der Waals surface area contributed by atoms with E-state index in [4.69, 9.17) is 4.52 Å². The molecule has 1 aliphatic heterocycles. The number of aryl methyl sites for hydroxylation is 1. The Morgan fingerprint density at radius 1 is 1.37 bits per heavy atom. The maximum absolute atomic E-state index is 12.2. The summed E-state index contributed by atoms with van der Waals surface area (Å²) in [5.74, 6) is 0.121. The van der Waals surface area contributed by atoms with Crippen LogP contribution in [0.25, 0.3) is 0 Å². The molecule has 0 unspecified atom stereocenters. The fraction of sp³-hybridized carbons (Fsp3) is 0.250. The van der Waals surface area contributed by atoms with Crippen LogP contribution in [-0.4, -0.2) is 20.1 Å². The molecule has 2 heterocycles. The summed E-state index contributed by atoms with van der Waals surface area (Å²) >= 11 is 0. The second kappa shape index (κ2) is 4.27. The van der Waals surface area contributed by atoms with Gasteiger partial charge in [-0.1, -0.05) is 5.16 Å². The first-order valence-electron chi connectivity index (χ1n) is 5.87. The highest BCUT2D eigenvalue weighted by Crippen LogP contribution is 2.26. The Morgan fingerprint density at radius 3 is 2.95 bits per heavy atom. The van der Waals surface area contributed by atoms with Gasteiger partial charge in [0.05, 0.1) is 10.6 Å². The second-order valence-electron chi connectivity index (χ2n) is 4.43. The van der Waals surface area contributed by atoms with Gasteiger partial charge < -0.3 is 9.84 Å². The SMILES string of the molecule is Cc1cc(NS(=O)(=O)c2ccc3c(c2)CCN3)on1. The van der Waals surface area contributed by atoms with Crippen molar-refractivity contribution >= 4 is 21.6 Å². The van der Waals surface area contributed by atoms with Crippen LogP contribution in [0, 0.1) is 6.92 Å². The Morgan fingerprint density at radius 2 is 2.21 bits per heavy atom. The molecule has 100 valence electrons. The van der Waals surface area contributed by atoms with Gasteiger partial charge in [-0.2, -0.15) is 0 Å². The van der Waals surface area contributed by atoms with E-state index in [0.717, 1.165) is 24.2 Å². The number of benzene rings is 1. The van der Waals surface area contributed by atoms with E-state index in [1.54, 1.807) is 25.1 Å². The van der Waals surface area contributed by atoms with Gasteiger partial charge in [-0.3, -0.25) is 0 Å². The molecule has 2 N–H and O–H groups in total. The van der Waals surface area contributed by atoms with Crippen LogP contribution in [0.15, 0.2) is 33.7 Å². The highest BCUT2D eigenvalue weighted by atomic mass is 32.2. The molecule has 0 atom stereocenters. The zero-order valence-corrected chi connectivity index (χ0v) is 11.1. The van der Waals surface area contributed by atoms with Crippen LogP contribution in [0.3, 0.4) is 0 Å². The minimum Gasteiger partial charge on any atom is -0.384 e. The molecule has 0 spiro atoms. The molecule has 0 fully saturated rings. The third kappa shape index (κ3) is 2.28. The number of anilines is 2. The minimum atomic E-state index is -3.63. The first-order valence-corrected chi connectivity index (χ1v) is 7.36. The summed E-state index contributed by atoms with van der Waals surface area (Å²) in [6.07, 6.45) is 0.833. The fourth-order valence-electron chi connectivity index (χ4n) is 2.05. The number of hydrogen-bond acceptors (Lipinski definition) is 5. The molecular formula is C12H13N3O3S. The molecule has 0 radical (unpaired) electrons. The molecule has 7 heteroatoms. The number of sulfonamides is 1. The van der Waals surface area contributed by atoms with Gasteiger partial charge >= 0.3 is 0 Å². The molecule has 3 rings (SSSR count). The first-order chi connectivity index (χ1) is 9.04. The molecule has 6 nitrogen and oxygen atoms in total. The molecule has 1 aliphatic rings. The minimum absolute atomic E-state index is 0.121. The van der Waals surface area contributed by atoms with Crippen LogP contribution in [-0.2, 0) is 16.4 Å². The van der Waals surface area contributed by atoms with Crippen molar-refractivity contribution in [3.05, 3.63) is 35.5 Å². The largest absolute Gasteiger partial charge is 0.384 e. The quantitative estimate of drug-likeness (QED) is 0.894. The summed E-state index contributed by atoms with van der Waals surface area (Å²) in [6, 6.07) is 6.57. The van der Waals surface area contributed by atoms with Gasteiger partial charge in [-0.05, 0) is 37.1 Å². The van der Waals surface area contributed by atoms with Crippen molar-refractivity contribution in [2.45, 2.75) is 18.2 Å². The van der Waals surface area contributed by atoms with Crippen molar-refractivity contribution in [2.75, 3.05) is 16.6 Å². The van der Waals surface area contributed by atoms with E-state index in [2.05, 4.69) is 15.2 Å². The number of nitrogens with zero attached hydrogens (tertiary/aromatic N) is 1. The van der Waals surface area contributed by atoms with E-state index in [-0.39, 0.29) is 10.8 Å². The summed E-state index contributed by atoms with van der Waals surface area (Å²) in [4.78, 5) is 0.226. The van der Waals surface area contributed by atoms with Crippen LogP contribution >= 0.6 is 0 Å². The monoisotopic (exact) mass is 279 g/mol. The average Bonchev–Trinajstić information content (AvgIpc) is 2.96. The standard InChI is InChI=1S/C12H13N3O3S/c1-8-6-12(18-14-8)15-19(16,17)10-2-3-11-9(7-10)4-5-13-11/h2-3,6-7,13,15H,4-5H2,1H3. The lowest BCUT2D eigenvalue weighted by Crippen LogP contribution is -2.12. The van der Waals surface area contributed by atoms with Gasteiger partial charge in [0, 0.05) is 18.3 Å². The normalized spacial score (nSPS) is 13.9. The molecule has 0 saturated carbocycles. The average molecular weight is 279 g/mol. The predicted octanol–water partition coefficient (Wildman–Crippen LogP) is 1.75. The van der Waals surface area contributed by atoms with Crippen molar-refractivity contribution in [3.63, 3.8) is 0 Å². The Bertz CT molecular complexity index is 722. The van der Waals surface area contributed by atoms with Crippen LogP contribution < -0.4 is 10.0 Å². The maximum Gasteiger partial charge on any atom is 0.264 e. The molecule has 1 aromatic carbocycles. The third-order valence-corrected chi connectivity index (χ3v) is 4.30. The van der Waals surface area contributed by atoms with E-state index < -0.39 is 10.0 Å². The van der Waals surface area contributed by atoms with Gasteiger partial charge in [-0.15, -0.1) is 0 Å². The Balaban J connectivity index is 1.92. The molecule has 0 aliphatic carbocycles. The van der Waals surface area contributed by atoms with Crippen LogP contribution in [0.1, 0.15) is 11.3 Å². The number of nitrogens with one attached hydrogen (secondary N) is 2. The smallest absolute Gasteiger partial charge is 0.264 e. The van der Waals surface area contributed by atoms with Crippen molar-refractivity contribution in [1.82, 2.24) is 5.16 Å². The number of aromatic nitrogens is 1. The van der Waals surface area contributed by atoms with E-state index in [1.165, 1.54) is 6.07 Å². The summed E-state index contributed by atoms with van der Waals surface area (Å²) in [7, 11) is -3.63. The van der Waals surface area contributed by atoms with Crippen molar-refractivity contribution in [3.8, 4) is 0 Å². The highest BCUT2D eigenvalue weighted by Gasteiger charge is 2.19. The van der Waals surface area contributed by atoms with Gasteiger partial charge in [0.1, 0.15) is 0 Å². The number of rotatable bonds is 3. The summed E-state index contributed by atoms with van der Waals surface area (Å²) in [5, 5.41) is 6.83. The Hall–Kier alpha value is -2.02. The number of fused-ring (bicyclic) bond motifs is 1. The highest BCUT2D eigenvalue weighted by molar-refractivity contribution is 7.92. The zero-order chi connectivity index (χ0) is 13.5. The first kappa shape index (κ1) is 12.0. The lowest BCUT2D eigenvalue weighted by Gasteiger charge is -2.06. The topological polar surface area (TPSA) is 84.2 Å². The molecule has 0 bridgehead atoms. The van der Waals surface area contributed by atoms with Crippen LogP contribution in [0.5, 0.6) is 0 Å². The molecule has 0 saturated heterocycles. The van der Waals surface area contributed by atoms with E-state index in [1.807, 2.05) is 0 Å². The summed E-state index contributed by atoms with van der Waals surface area (Å²) < 4.78 is 31.6. The van der Waals surface area contributed by atoms with Crippen molar-refractivity contribution < 1.29 is 12.9 Å². The second-order valence-corrected chi connectivity index (χ2v) is 6.12. The molecule has 0 amide bonds. The Labute approximate surface area is 110 Å². The van der Waals surface area contributed by atoms with E-state index >= 15 is 0 Å². The summed E-state index contributed by atoms with van der Waals surface area (Å²) in [5.41, 5.74) is 2.63. The third-order valence-electron chi connectivity index (χ3n) is 2.96. The van der Waals surface area contributed by atoms with E-state index in [9.17, 15) is 8.42 Å². The molecule has 19 heavy (non-hydrogen) atoms. The molecule has 1 aromatic heterocycles. The van der Waals surface area contributed by atoms with Gasteiger partial charge in [0.25, 0.3) is 10.0 Å². The molecule has 2 aromatic rings. The van der Waals surface area contributed by atoms with Gasteiger partial charge in [-0.25, -0.2) is 13.1 Å². The van der Waals surface area contributed by atoms with Crippen molar-refractivity contribution in [1.29, 1.82) is 0 Å². The maximum atomic E-state index is 12.2. The lowest BCUT2D eigenvalue weighted by atomic mass is 10.2. The summed E-state index contributed by atoms with van der Waals surface area (Å²) in [6.45, 7) is 2.57. The predicted molar refractivity (Wildman–Crippen MR) is 70.7 cm³/mol. The fourth-order valence-corrected chi connectivity index (χ4v) is 3.07. The van der Waals surface area contributed by atoms with Crippen molar-refractivity contribution in [2.24, 2.45) is 0 Å². The Kier molecular flexibility index (Phi) is 2.70. The molecular weight excluding hydrogens is 266 g/mol. The van der Waals surface area contributed by atoms with Gasteiger partial charge in [0.15, 0.2) is 0 Å². The zero-order valence-electron chi connectivity index (χ0n) is 10.3. The number of hydrogen-bond donors (Lipinski definition) is 2.